The molecule has 2 amide bonds. The second-order valence-corrected chi connectivity index (χ2v) is 4.82. The summed E-state index contributed by atoms with van der Waals surface area (Å²) in [7, 11) is 0. The first kappa shape index (κ1) is 13.8. The molecular formula is C12H22N2O3. The van der Waals surface area contributed by atoms with Crippen LogP contribution in [0.5, 0.6) is 0 Å². The number of urea groups is 1. The number of hydrogen-bond acceptors (Lipinski definition) is 2. The maximum atomic E-state index is 11.8. The molecule has 2 atom stereocenters. The molecule has 1 rings (SSSR count). The van der Waals surface area contributed by atoms with E-state index in [0.717, 1.165) is 12.8 Å². The fraction of sp³-hybridized carbons (Fsp3) is 0.833. The Labute approximate surface area is 102 Å². The summed E-state index contributed by atoms with van der Waals surface area (Å²) in [5.41, 5.74) is 0. The highest BCUT2D eigenvalue weighted by atomic mass is 16.4. The zero-order valence-corrected chi connectivity index (χ0v) is 10.6. The van der Waals surface area contributed by atoms with Gasteiger partial charge in [-0.3, -0.25) is 4.79 Å². The molecule has 0 saturated carbocycles. The predicted molar refractivity (Wildman–Crippen MR) is 64.8 cm³/mol. The summed E-state index contributed by atoms with van der Waals surface area (Å²) in [4.78, 5) is 24.3. The lowest BCUT2D eigenvalue weighted by Gasteiger charge is -2.31. The van der Waals surface area contributed by atoms with Crippen LogP contribution < -0.4 is 5.32 Å². The summed E-state index contributed by atoms with van der Waals surface area (Å²) in [5, 5.41) is 11.8. The Morgan fingerprint density at radius 1 is 1.53 bits per heavy atom. The standard InChI is InChI=1S/C12H22N2O3/c1-3-9(2)7-13-12(17)14-6-4-5-10(8-14)11(15)16/h9-10H,3-8H2,1-2H3,(H,13,17)(H,15,16)/t9?,10-/m1/s1. The minimum absolute atomic E-state index is 0.128. The smallest absolute Gasteiger partial charge is 0.317 e. The van der Waals surface area contributed by atoms with E-state index >= 15 is 0 Å². The van der Waals surface area contributed by atoms with Crippen molar-refractivity contribution < 1.29 is 14.7 Å². The van der Waals surface area contributed by atoms with Crippen LogP contribution in [-0.2, 0) is 4.79 Å². The maximum Gasteiger partial charge on any atom is 0.317 e. The van der Waals surface area contributed by atoms with Crippen molar-refractivity contribution >= 4 is 12.0 Å². The third-order valence-corrected chi connectivity index (χ3v) is 3.36. The van der Waals surface area contributed by atoms with E-state index in [2.05, 4.69) is 19.2 Å². The Hall–Kier alpha value is -1.26. The first-order valence-corrected chi connectivity index (χ1v) is 6.30. The van der Waals surface area contributed by atoms with Crippen molar-refractivity contribution in [3.05, 3.63) is 0 Å². The minimum Gasteiger partial charge on any atom is -0.481 e. The Morgan fingerprint density at radius 2 is 2.24 bits per heavy atom. The Bertz CT molecular complexity index is 281. The number of rotatable bonds is 4. The molecule has 1 aliphatic rings. The van der Waals surface area contributed by atoms with Crippen LogP contribution in [0, 0.1) is 11.8 Å². The van der Waals surface area contributed by atoms with E-state index in [1.54, 1.807) is 4.90 Å². The number of carbonyl (C=O) groups excluding carboxylic acids is 1. The zero-order chi connectivity index (χ0) is 12.8. The van der Waals surface area contributed by atoms with E-state index in [1.807, 2.05) is 0 Å². The molecule has 1 unspecified atom stereocenters. The molecule has 5 heteroatoms. The van der Waals surface area contributed by atoms with E-state index in [-0.39, 0.29) is 6.03 Å². The fourth-order valence-electron chi connectivity index (χ4n) is 1.88. The lowest BCUT2D eigenvalue weighted by molar-refractivity contribution is -0.143. The van der Waals surface area contributed by atoms with Crippen molar-refractivity contribution in [2.45, 2.75) is 33.1 Å². The summed E-state index contributed by atoms with van der Waals surface area (Å²) in [6.45, 7) is 5.82. The molecule has 0 aromatic carbocycles. The monoisotopic (exact) mass is 242 g/mol. The van der Waals surface area contributed by atoms with Crippen molar-refractivity contribution in [3.8, 4) is 0 Å². The quantitative estimate of drug-likeness (QED) is 0.785. The molecule has 5 nitrogen and oxygen atoms in total. The Morgan fingerprint density at radius 3 is 2.82 bits per heavy atom. The number of piperidine rings is 1. The van der Waals surface area contributed by atoms with Gasteiger partial charge in [-0.2, -0.15) is 0 Å². The number of nitrogens with one attached hydrogen (secondary N) is 1. The van der Waals surface area contributed by atoms with Gasteiger partial charge in [-0.05, 0) is 18.8 Å². The Balaban J connectivity index is 2.38. The minimum atomic E-state index is -0.801. The molecule has 0 aromatic rings. The first-order valence-electron chi connectivity index (χ1n) is 6.30. The number of aliphatic carboxylic acids is 1. The normalized spacial score (nSPS) is 22.0. The first-order chi connectivity index (χ1) is 8.04. The van der Waals surface area contributed by atoms with Crippen molar-refractivity contribution in [1.29, 1.82) is 0 Å². The third kappa shape index (κ3) is 4.24. The van der Waals surface area contributed by atoms with Crippen molar-refractivity contribution in [3.63, 3.8) is 0 Å². The Kier molecular flexibility index (Phi) is 5.25. The topological polar surface area (TPSA) is 69.6 Å². The molecule has 0 spiro atoms. The second-order valence-electron chi connectivity index (χ2n) is 4.82. The largest absolute Gasteiger partial charge is 0.481 e. The summed E-state index contributed by atoms with van der Waals surface area (Å²) in [6, 6.07) is -0.128. The summed E-state index contributed by atoms with van der Waals surface area (Å²) >= 11 is 0. The highest BCUT2D eigenvalue weighted by Crippen LogP contribution is 2.16. The number of amides is 2. The van der Waals surface area contributed by atoms with Gasteiger partial charge in [-0.1, -0.05) is 20.3 Å². The van der Waals surface area contributed by atoms with Crippen LogP contribution in [0.1, 0.15) is 33.1 Å². The molecule has 0 aliphatic carbocycles. The van der Waals surface area contributed by atoms with Gasteiger partial charge in [-0.25, -0.2) is 4.79 Å². The molecule has 1 saturated heterocycles. The van der Waals surface area contributed by atoms with Crippen LogP contribution in [0.2, 0.25) is 0 Å². The molecule has 17 heavy (non-hydrogen) atoms. The van der Waals surface area contributed by atoms with Crippen molar-refractivity contribution in [2.24, 2.45) is 11.8 Å². The molecular weight excluding hydrogens is 220 g/mol. The van der Waals surface area contributed by atoms with Gasteiger partial charge in [0.05, 0.1) is 5.92 Å². The van der Waals surface area contributed by atoms with Crippen LogP contribution in [-0.4, -0.2) is 41.6 Å². The third-order valence-electron chi connectivity index (χ3n) is 3.36. The fourth-order valence-corrected chi connectivity index (χ4v) is 1.88. The van der Waals surface area contributed by atoms with Gasteiger partial charge in [-0.15, -0.1) is 0 Å². The van der Waals surface area contributed by atoms with E-state index in [1.165, 1.54) is 0 Å². The lowest BCUT2D eigenvalue weighted by Crippen LogP contribution is -2.47. The summed E-state index contributed by atoms with van der Waals surface area (Å²) < 4.78 is 0. The molecule has 1 fully saturated rings. The summed E-state index contributed by atoms with van der Waals surface area (Å²) in [5.74, 6) is -0.749. The van der Waals surface area contributed by atoms with Gasteiger partial charge in [0, 0.05) is 19.6 Å². The van der Waals surface area contributed by atoms with E-state index in [4.69, 9.17) is 5.11 Å². The van der Waals surface area contributed by atoms with Gasteiger partial charge in [0.15, 0.2) is 0 Å². The van der Waals surface area contributed by atoms with Crippen LogP contribution in [0.4, 0.5) is 4.79 Å². The number of carboxylic acids is 1. The van der Waals surface area contributed by atoms with Gasteiger partial charge >= 0.3 is 12.0 Å². The van der Waals surface area contributed by atoms with Crippen LogP contribution in [0.15, 0.2) is 0 Å². The highest BCUT2D eigenvalue weighted by Gasteiger charge is 2.27. The highest BCUT2D eigenvalue weighted by molar-refractivity contribution is 5.76. The molecule has 0 radical (unpaired) electrons. The number of nitrogens with zero attached hydrogens (tertiary/aromatic N) is 1. The zero-order valence-electron chi connectivity index (χ0n) is 10.6. The van der Waals surface area contributed by atoms with Crippen LogP contribution >= 0.6 is 0 Å². The molecule has 0 aromatic heterocycles. The van der Waals surface area contributed by atoms with Gasteiger partial charge in [0.2, 0.25) is 0 Å². The summed E-state index contributed by atoms with van der Waals surface area (Å²) in [6.07, 6.45) is 2.47. The number of carboxylic acid groups (broad SMARTS) is 1. The molecule has 1 heterocycles. The lowest BCUT2D eigenvalue weighted by atomic mass is 9.99. The SMILES string of the molecule is CCC(C)CNC(=O)N1CCC[C@@H](C(=O)O)C1. The number of hydrogen-bond donors (Lipinski definition) is 2. The van der Waals surface area contributed by atoms with Crippen LogP contribution in [0.25, 0.3) is 0 Å². The number of likely N-dealkylation sites (tertiary alicyclic amines) is 1. The number of carbonyl (C=O) groups is 2. The second kappa shape index (κ2) is 6.47. The molecule has 0 bridgehead atoms. The van der Waals surface area contributed by atoms with Crippen LogP contribution in [0.3, 0.4) is 0 Å². The predicted octanol–water partition coefficient (Wildman–Crippen LogP) is 1.54. The molecule has 1 aliphatic heterocycles. The van der Waals surface area contributed by atoms with Gasteiger partial charge in [0.1, 0.15) is 0 Å². The molecule has 98 valence electrons. The van der Waals surface area contributed by atoms with Crippen molar-refractivity contribution in [2.75, 3.05) is 19.6 Å². The van der Waals surface area contributed by atoms with Gasteiger partial charge in [0.25, 0.3) is 0 Å². The van der Waals surface area contributed by atoms with E-state index in [9.17, 15) is 9.59 Å². The molecule has 2 N–H and O–H groups in total. The van der Waals surface area contributed by atoms with Crippen molar-refractivity contribution in [1.82, 2.24) is 10.2 Å². The van der Waals surface area contributed by atoms with E-state index in [0.29, 0.717) is 32.0 Å². The van der Waals surface area contributed by atoms with Gasteiger partial charge < -0.3 is 15.3 Å². The maximum absolute atomic E-state index is 11.8. The average molecular weight is 242 g/mol. The average Bonchev–Trinajstić information content (AvgIpc) is 2.35. The van der Waals surface area contributed by atoms with E-state index < -0.39 is 11.9 Å².